The van der Waals surface area contributed by atoms with E-state index in [1.165, 1.54) is 6.92 Å². The zero-order valence-electron chi connectivity index (χ0n) is 7.14. The van der Waals surface area contributed by atoms with Crippen LogP contribution < -0.4 is 0 Å². The summed E-state index contributed by atoms with van der Waals surface area (Å²) >= 11 is 5.61. The van der Waals surface area contributed by atoms with E-state index in [1.54, 1.807) is 0 Å². The molecule has 1 aromatic heterocycles. The fraction of sp³-hybridized carbons (Fsp3) is 0.333. The molecule has 0 radical (unpaired) electrons. The van der Waals surface area contributed by atoms with Gasteiger partial charge >= 0.3 is 11.8 Å². The second-order valence-corrected chi connectivity index (χ2v) is 2.93. The van der Waals surface area contributed by atoms with Gasteiger partial charge in [0.2, 0.25) is 0 Å². The Bertz CT molecular complexity index is 400. The van der Waals surface area contributed by atoms with Crippen molar-refractivity contribution in [3.8, 4) is 0 Å². The average molecular weight is 221 g/mol. The van der Waals surface area contributed by atoms with Gasteiger partial charge in [-0.2, -0.15) is 4.68 Å². The summed E-state index contributed by atoms with van der Waals surface area (Å²) in [5.41, 5.74) is 0.305. The molecule has 14 heavy (non-hydrogen) atoms. The van der Waals surface area contributed by atoms with Crippen LogP contribution in [0.2, 0.25) is 5.02 Å². The normalized spacial score (nSPS) is 10.1. The Balaban J connectivity index is 3.15. The molecule has 76 valence electrons. The second-order valence-electron chi connectivity index (χ2n) is 2.55. The summed E-state index contributed by atoms with van der Waals surface area (Å²) in [4.78, 5) is 20.3. The first kappa shape index (κ1) is 10.5. The molecule has 0 atom stereocenters. The molecule has 0 amide bonds. The third-order valence-electron chi connectivity index (χ3n) is 1.58. The van der Waals surface area contributed by atoms with E-state index in [-0.39, 0.29) is 5.02 Å². The molecule has 2 N–H and O–H groups in total. The molecule has 7 nitrogen and oxygen atoms in total. The van der Waals surface area contributed by atoms with Crippen molar-refractivity contribution in [2.24, 2.45) is 0 Å². The summed E-state index contributed by atoms with van der Waals surface area (Å²) in [7, 11) is 0. The Kier molecular flexibility index (Phi) is 2.70. The summed E-state index contributed by atoms with van der Waals surface area (Å²) in [6.45, 7) is 1.07. The molecule has 0 unspecified atom stereocenters. The Morgan fingerprint density at radius 3 is 2.64 bits per heavy atom. The topological polar surface area (TPSA) is 95.4 Å². The van der Waals surface area contributed by atoms with Gasteiger partial charge in [0.1, 0.15) is 0 Å². The van der Waals surface area contributed by atoms with Gasteiger partial charge in [-0.3, -0.25) is 4.79 Å². The molecule has 0 spiro atoms. The molecule has 0 aliphatic carbocycles. The minimum atomic E-state index is -1.12. The zero-order chi connectivity index (χ0) is 10.9. The quantitative estimate of drug-likeness (QED) is 0.732. The van der Waals surface area contributed by atoms with Crippen LogP contribution in [0.1, 0.15) is 5.69 Å². The molecule has 0 saturated heterocycles. The molecule has 0 bridgehead atoms. The van der Waals surface area contributed by atoms with Crippen molar-refractivity contribution in [1.29, 1.82) is 0 Å². The highest BCUT2D eigenvalue weighted by molar-refractivity contribution is 6.33. The number of aliphatic carboxylic acids is 1. The Hall–Kier alpha value is -1.63. The largest absolute Gasteiger partial charge is 0.480 e. The number of halogens is 1. The summed E-state index contributed by atoms with van der Waals surface area (Å²) in [6, 6.07) is 0. The SMILES string of the molecule is Cc1c(Cl)c([N+](=O)O)nn1CC(=O)O. The van der Waals surface area contributed by atoms with Crippen LogP contribution in [0.15, 0.2) is 0 Å². The number of rotatable bonds is 3. The van der Waals surface area contributed by atoms with E-state index in [2.05, 4.69) is 5.10 Å². The molecule has 0 fully saturated rings. The van der Waals surface area contributed by atoms with Gasteiger partial charge in [0.15, 0.2) is 16.5 Å². The average Bonchev–Trinajstić information content (AvgIpc) is 2.32. The molecular formula is C6H7ClN3O4+. The van der Waals surface area contributed by atoms with Gasteiger partial charge in [0.05, 0.1) is 10.8 Å². The van der Waals surface area contributed by atoms with E-state index < -0.39 is 23.3 Å². The van der Waals surface area contributed by atoms with E-state index >= 15 is 0 Å². The van der Waals surface area contributed by atoms with E-state index in [0.717, 1.165) is 4.68 Å². The highest BCUT2D eigenvalue weighted by Gasteiger charge is 2.28. The van der Waals surface area contributed by atoms with Crippen molar-refractivity contribution in [2.45, 2.75) is 13.5 Å². The lowest BCUT2D eigenvalue weighted by Gasteiger charge is -1.92. The van der Waals surface area contributed by atoms with Gasteiger partial charge < -0.3 is 10.3 Å². The Morgan fingerprint density at radius 2 is 2.29 bits per heavy atom. The van der Waals surface area contributed by atoms with E-state index in [9.17, 15) is 9.70 Å². The fourth-order valence-electron chi connectivity index (χ4n) is 0.913. The van der Waals surface area contributed by atoms with E-state index in [1.807, 2.05) is 0 Å². The predicted octanol–water partition coefficient (Wildman–Crippen LogP) is 0.729. The molecule has 8 heteroatoms. The first-order valence-electron chi connectivity index (χ1n) is 3.54. The highest BCUT2D eigenvalue weighted by atomic mass is 35.5. The van der Waals surface area contributed by atoms with Crippen LogP contribution in [0.4, 0.5) is 5.82 Å². The van der Waals surface area contributed by atoms with Gasteiger partial charge in [-0.05, 0) is 11.8 Å². The number of carboxylic acid groups (broad SMARTS) is 1. The first-order valence-corrected chi connectivity index (χ1v) is 3.92. The van der Waals surface area contributed by atoms with Crippen molar-refractivity contribution in [3.63, 3.8) is 0 Å². The van der Waals surface area contributed by atoms with Crippen LogP contribution in [0, 0.1) is 11.8 Å². The predicted molar refractivity (Wildman–Crippen MR) is 44.7 cm³/mol. The second kappa shape index (κ2) is 3.62. The number of aromatic nitrogens is 2. The maximum atomic E-state index is 10.5. The first-order chi connectivity index (χ1) is 6.43. The smallest absolute Gasteiger partial charge is 0.452 e. The van der Waals surface area contributed by atoms with Crippen LogP contribution in [0.25, 0.3) is 0 Å². The maximum Gasteiger partial charge on any atom is 0.452 e. The van der Waals surface area contributed by atoms with Gasteiger partial charge in [0, 0.05) is 0 Å². The summed E-state index contributed by atoms with van der Waals surface area (Å²) < 4.78 is 1.01. The Labute approximate surface area is 83.0 Å². The minimum absolute atomic E-state index is 0.0660. The van der Waals surface area contributed by atoms with Crippen LogP contribution in [-0.4, -0.2) is 31.0 Å². The number of hydrogen-bond donors (Lipinski definition) is 2. The van der Waals surface area contributed by atoms with Gasteiger partial charge in [-0.15, -0.1) is 0 Å². The number of nitrogens with zero attached hydrogens (tertiary/aromatic N) is 3. The van der Waals surface area contributed by atoms with Crippen LogP contribution in [0.3, 0.4) is 0 Å². The molecular weight excluding hydrogens is 214 g/mol. The molecule has 0 aliphatic rings. The Morgan fingerprint density at radius 1 is 1.71 bits per heavy atom. The molecule has 1 heterocycles. The molecule has 0 saturated carbocycles. The summed E-state index contributed by atoms with van der Waals surface area (Å²) in [6.07, 6.45) is 0. The van der Waals surface area contributed by atoms with Crippen LogP contribution in [0.5, 0.6) is 0 Å². The van der Waals surface area contributed by atoms with Gasteiger partial charge in [0.25, 0.3) is 0 Å². The van der Waals surface area contributed by atoms with E-state index in [4.69, 9.17) is 21.9 Å². The number of hydrogen-bond acceptors (Lipinski definition) is 3. The lowest BCUT2D eigenvalue weighted by atomic mass is 10.4. The van der Waals surface area contributed by atoms with Crippen molar-refractivity contribution in [1.82, 2.24) is 9.78 Å². The highest BCUT2D eigenvalue weighted by Crippen LogP contribution is 2.25. The minimum Gasteiger partial charge on any atom is -0.480 e. The third-order valence-corrected chi connectivity index (χ3v) is 2.03. The third kappa shape index (κ3) is 1.82. The van der Waals surface area contributed by atoms with Crippen molar-refractivity contribution in [2.75, 3.05) is 0 Å². The van der Waals surface area contributed by atoms with Crippen molar-refractivity contribution in [3.05, 3.63) is 15.6 Å². The van der Waals surface area contributed by atoms with Crippen molar-refractivity contribution < 1.29 is 20.0 Å². The number of carbonyl (C=O) groups is 1. The van der Waals surface area contributed by atoms with Crippen LogP contribution in [-0.2, 0) is 11.3 Å². The molecule has 0 aromatic carbocycles. The standard InChI is InChI=1S/C6H6ClN3O4/c1-3-5(7)6(10(13)14)8-9(3)2-4(11)12/h2H2,1H3,(H-,11,12,13,14)/p+1. The zero-order valence-corrected chi connectivity index (χ0v) is 7.89. The van der Waals surface area contributed by atoms with E-state index in [0.29, 0.717) is 5.69 Å². The maximum absolute atomic E-state index is 10.5. The lowest BCUT2D eigenvalue weighted by Crippen LogP contribution is -2.11. The number of carboxylic acids is 1. The molecule has 1 aromatic rings. The van der Waals surface area contributed by atoms with Crippen molar-refractivity contribution >= 4 is 23.4 Å². The van der Waals surface area contributed by atoms with Gasteiger partial charge in [-0.25, -0.2) is 0 Å². The van der Waals surface area contributed by atoms with Gasteiger partial charge in [-0.1, -0.05) is 11.6 Å². The monoisotopic (exact) mass is 220 g/mol. The summed E-state index contributed by atoms with van der Waals surface area (Å²) in [5, 5.41) is 20.5. The lowest BCUT2D eigenvalue weighted by molar-refractivity contribution is -0.732. The summed E-state index contributed by atoms with van der Waals surface area (Å²) in [5.74, 6) is -1.53. The fourth-order valence-corrected chi connectivity index (χ4v) is 1.12. The molecule has 0 aliphatic heterocycles. The molecule has 1 rings (SSSR count). The van der Waals surface area contributed by atoms with Crippen LogP contribution >= 0.6 is 11.6 Å².